The van der Waals surface area contributed by atoms with E-state index >= 15 is 0 Å². The number of nitrogens with one attached hydrogen (secondary N) is 3. The lowest BCUT2D eigenvalue weighted by molar-refractivity contribution is -0.126. The highest BCUT2D eigenvalue weighted by Crippen LogP contribution is 2.27. The minimum absolute atomic E-state index is 0.00975. The number of hydrogen-bond donors (Lipinski definition) is 3. The molecule has 1 aromatic heterocycles. The highest BCUT2D eigenvalue weighted by molar-refractivity contribution is 5.90. The average molecular weight is 467 g/mol. The maximum atomic E-state index is 12.7. The van der Waals surface area contributed by atoms with Crippen LogP contribution in [0.25, 0.3) is 0 Å². The SMILES string of the molecule is Cc1cnc(N[C@H]2CC[C@@H](C(=O)NCc3cccc(NC(=O)CC(C)C)c3)CC2)nc1N(C)C. The first-order valence-electron chi connectivity index (χ1n) is 12.1. The molecule has 3 N–H and O–H groups in total. The summed E-state index contributed by atoms with van der Waals surface area (Å²) in [5, 5.41) is 9.44. The summed E-state index contributed by atoms with van der Waals surface area (Å²) in [5.74, 6) is 1.98. The Morgan fingerprint density at radius 2 is 1.88 bits per heavy atom. The van der Waals surface area contributed by atoms with Crippen LogP contribution in [0.4, 0.5) is 17.5 Å². The lowest BCUT2D eigenvalue weighted by atomic mass is 9.85. The van der Waals surface area contributed by atoms with E-state index in [9.17, 15) is 9.59 Å². The topological polar surface area (TPSA) is 99.2 Å². The molecule has 184 valence electrons. The van der Waals surface area contributed by atoms with Crippen molar-refractivity contribution in [2.45, 2.75) is 65.5 Å². The molecule has 1 aliphatic rings. The zero-order valence-corrected chi connectivity index (χ0v) is 21.0. The third-order valence-corrected chi connectivity index (χ3v) is 6.07. The molecule has 0 atom stereocenters. The highest BCUT2D eigenvalue weighted by atomic mass is 16.2. The van der Waals surface area contributed by atoms with Crippen LogP contribution in [0.5, 0.6) is 0 Å². The van der Waals surface area contributed by atoms with Gasteiger partial charge in [-0.15, -0.1) is 0 Å². The summed E-state index contributed by atoms with van der Waals surface area (Å²) in [6.07, 6.45) is 5.82. The Kier molecular flexibility index (Phi) is 8.85. The van der Waals surface area contributed by atoms with Crippen molar-refractivity contribution >= 4 is 29.3 Å². The molecule has 2 amide bonds. The number of amides is 2. The van der Waals surface area contributed by atoms with Crippen LogP contribution < -0.4 is 20.9 Å². The molecule has 1 fully saturated rings. The number of carbonyl (C=O) groups is 2. The van der Waals surface area contributed by atoms with Crippen LogP contribution >= 0.6 is 0 Å². The van der Waals surface area contributed by atoms with E-state index in [1.54, 1.807) is 0 Å². The number of aromatic nitrogens is 2. The first-order chi connectivity index (χ1) is 16.2. The van der Waals surface area contributed by atoms with Gasteiger partial charge in [0.25, 0.3) is 0 Å². The van der Waals surface area contributed by atoms with E-state index in [0.717, 1.165) is 48.3 Å². The van der Waals surface area contributed by atoms with Gasteiger partial charge in [-0.3, -0.25) is 9.59 Å². The van der Waals surface area contributed by atoms with Gasteiger partial charge in [0.15, 0.2) is 0 Å². The Bertz CT molecular complexity index is 983. The van der Waals surface area contributed by atoms with Crippen LogP contribution in [0.2, 0.25) is 0 Å². The molecule has 0 aliphatic heterocycles. The third kappa shape index (κ3) is 7.43. The van der Waals surface area contributed by atoms with Crippen molar-refractivity contribution in [3.8, 4) is 0 Å². The van der Waals surface area contributed by atoms with E-state index in [-0.39, 0.29) is 23.8 Å². The number of nitrogens with zero attached hydrogens (tertiary/aromatic N) is 3. The molecule has 8 nitrogen and oxygen atoms in total. The largest absolute Gasteiger partial charge is 0.362 e. The molecule has 0 saturated heterocycles. The van der Waals surface area contributed by atoms with Gasteiger partial charge in [0.2, 0.25) is 17.8 Å². The zero-order valence-electron chi connectivity index (χ0n) is 21.0. The standard InChI is InChI=1S/C26H38N6O2/c1-17(2)13-23(33)29-22-8-6-7-19(14-22)16-27-25(34)20-9-11-21(12-10-20)30-26-28-15-18(3)24(31-26)32(4)5/h6-8,14-15,17,20-21H,9-13,16H2,1-5H3,(H,27,34)(H,29,33)(H,28,30,31)/t20-,21+. The van der Waals surface area contributed by atoms with Gasteiger partial charge < -0.3 is 20.9 Å². The van der Waals surface area contributed by atoms with Crippen molar-refractivity contribution < 1.29 is 9.59 Å². The average Bonchev–Trinajstić information content (AvgIpc) is 2.78. The monoisotopic (exact) mass is 466 g/mol. The van der Waals surface area contributed by atoms with Crippen molar-refractivity contribution in [3.05, 3.63) is 41.6 Å². The third-order valence-electron chi connectivity index (χ3n) is 6.07. The van der Waals surface area contributed by atoms with Gasteiger partial charge in [-0.25, -0.2) is 4.98 Å². The predicted octanol–water partition coefficient (Wildman–Crippen LogP) is 4.12. The Balaban J connectivity index is 1.45. The fourth-order valence-electron chi connectivity index (χ4n) is 4.31. The lowest BCUT2D eigenvalue weighted by Gasteiger charge is -2.28. The van der Waals surface area contributed by atoms with Crippen LogP contribution in [0.3, 0.4) is 0 Å². The molecular formula is C26H38N6O2. The number of rotatable bonds is 9. The Morgan fingerprint density at radius 3 is 2.56 bits per heavy atom. The van der Waals surface area contributed by atoms with Crippen molar-refractivity contribution in [3.63, 3.8) is 0 Å². The number of anilines is 3. The molecule has 0 radical (unpaired) electrons. The van der Waals surface area contributed by atoms with Crippen LogP contribution in [0, 0.1) is 18.8 Å². The first kappa shape index (κ1) is 25.5. The lowest BCUT2D eigenvalue weighted by Crippen LogP contribution is -2.36. The van der Waals surface area contributed by atoms with Crippen molar-refractivity contribution in [1.29, 1.82) is 0 Å². The van der Waals surface area contributed by atoms with Crippen molar-refractivity contribution in [2.75, 3.05) is 29.6 Å². The van der Waals surface area contributed by atoms with Gasteiger partial charge in [-0.05, 0) is 56.2 Å². The van der Waals surface area contributed by atoms with Crippen molar-refractivity contribution in [2.24, 2.45) is 11.8 Å². The minimum atomic E-state index is 0.00975. The highest BCUT2D eigenvalue weighted by Gasteiger charge is 2.26. The van der Waals surface area contributed by atoms with Gasteiger partial charge in [0.1, 0.15) is 5.82 Å². The summed E-state index contributed by atoms with van der Waals surface area (Å²) in [6.45, 7) is 6.50. The summed E-state index contributed by atoms with van der Waals surface area (Å²) in [6, 6.07) is 7.92. The summed E-state index contributed by atoms with van der Waals surface area (Å²) < 4.78 is 0. The Labute approximate surface area is 202 Å². The molecule has 34 heavy (non-hydrogen) atoms. The zero-order chi connectivity index (χ0) is 24.7. The van der Waals surface area contributed by atoms with E-state index in [1.165, 1.54) is 0 Å². The molecule has 1 heterocycles. The molecule has 8 heteroatoms. The van der Waals surface area contributed by atoms with E-state index in [1.807, 2.05) is 70.2 Å². The molecule has 1 saturated carbocycles. The molecule has 0 unspecified atom stereocenters. The maximum Gasteiger partial charge on any atom is 0.224 e. The number of carbonyl (C=O) groups excluding carboxylic acids is 2. The molecule has 2 aromatic rings. The van der Waals surface area contributed by atoms with Gasteiger partial charge >= 0.3 is 0 Å². The quantitative estimate of drug-likeness (QED) is 0.514. The smallest absolute Gasteiger partial charge is 0.224 e. The van der Waals surface area contributed by atoms with Crippen LogP contribution in [0.15, 0.2) is 30.5 Å². The van der Waals surface area contributed by atoms with E-state index in [4.69, 9.17) is 0 Å². The first-order valence-corrected chi connectivity index (χ1v) is 12.1. The fourth-order valence-corrected chi connectivity index (χ4v) is 4.31. The Morgan fingerprint density at radius 1 is 1.15 bits per heavy atom. The molecular weight excluding hydrogens is 428 g/mol. The minimum Gasteiger partial charge on any atom is -0.362 e. The normalized spacial score (nSPS) is 17.8. The second-order valence-corrected chi connectivity index (χ2v) is 9.85. The predicted molar refractivity (Wildman–Crippen MR) is 137 cm³/mol. The number of hydrogen-bond acceptors (Lipinski definition) is 6. The molecule has 0 spiro atoms. The second kappa shape index (κ2) is 11.8. The van der Waals surface area contributed by atoms with Gasteiger partial charge in [-0.2, -0.15) is 4.98 Å². The van der Waals surface area contributed by atoms with E-state index in [0.29, 0.717) is 24.8 Å². The van der Waals surface area contributed by atoms with Crippen LogP contribution in [-0.2, 0) is 16.1 Å². The summed E-state index contributed by atoms with van der Waals surface area (Å²) >= 11 is 0. The number of aryl methyl sites for hydroxylation is 1. The molecule has 0 bridgehead atoms. The van der Waals surface area contributed by atoms with Crippen LogP contribution in [0.1, 0.15) is 57.1 Å². The van der Waals surface area contributed by atoms with Gasteiger partial charge in [0, 0.05) is 56.5 Å². The molecule has 1 aromatic carbocycles. The second-order valence-electron chi connectivity index (χ2n) is 9.85. The van der Waals surface area contributed by atoms with Crippen LogP contribution in [-0.4, -0.2) is 41.9 Å². The van der Waals surface area contributed by atoms with E-state index in [2.05, 4.69) is 25.9 Å². The fraction of sp³-hybridized carbons (Fsp3) is 0.538. The van der Waals surface area contributed by atoms with Gasteiger partial charge in [0.05, 0.1) is 0 Å². The Hall–Kier alpha value is -3.16. The summed E-state index contributed by atoms with van der Waals surface area (Å²) in [4.78, 5) is 35.8. The maximum absolute atomic E-state index is 12.7. The van der Waals surface area contributed by atoms with E-state index < -0.39 is 0 Å². The summed E-state index contributed by atoms with van der Waals surface area (Å²) in [7, 11) is 3.95. The van der Waals surface area contributed by atoms with Crippen molar-refractivity contribution in [1.82, 2.24) is 15.3 Å². The van der Waals surface area contributed by atoms with Gasteiger partial charge in [-0.1, -0.05) is 26.0 Å². The molecule has 3 rings (SSSR count). The summed E-state index contributed by atoms with van der Waals surface area (Å²) in [5.41, 5.74) is 2.78. The molecule has 1 aliphatic carbocycles. The number of benzene rings is 1.